The summed E-state index contributed by atoms with van der Waals surface area (Å²) in [5.74, 6) is 0.160. The van der Waals surface area contributed by atoms with Gasteiger partial charge in [0, 0.05) is 23.7 Å². The molecule has 8 nitrogen and oxygen atoms in total. The smallest absolute Gasteiger partial charge is 0.262 e. The highest BCUT2D eigenvalue weighted by atomic mass is 35.5. The number of halogens is 1. The molecule has 3 rings (SSSR count). The van der Waals surface area contributed by atoms with Gasteiger partial charge >= 0.3 is 0 Å². The van der Waals surface area contributed by atoms with Crippen LogP contribution in [0, 0.1) is 6.92 Å². The number of hydrogen-bond acceptors (Lipinski definition) is 6. The first kappa shape index (κ1) is 22.5. The summed E-state index contributed by atoms with van der Waals surface area (Å²) in [6.07, 6.45) is 3.02. The van der Waals surface area contributed by atoms with Crippen molar-refractivity contribution < 1.29 is 27.1 Å². The molecule has 0 fully saturated rings. The molecule has 1 heterocycles. The van der Waals surface area contributed by atoms with Gasteiger partial charge in [0.1, 0.15) is 11.5 Å². The van der Waals surface area contributed by atoms with Crippen LogP contribution in [0.25, 0.3) is 0 Å². The molecule has 0 saturated heterocycles. The van der Waals surface area contributed by atoms with Crippen molar-refractivity contribution in [2.75, 3.05) is 18.9 Å². The molecule has 0 unspecified atom stereocenters. The number of sulfonamides is 1. The van der Waals surface area contributed by atoms with Crippen molar-refractivity contribution in [3.63, 3.8) is 0 Å². The molecular weight excluding hydrogens is 444 g/mol. The fourth-order valence-electron chi connectivity index (χ4n) is 2.85. The van der Waals surface area contributed by atoms with Gasteiger partial charge < -0.3 is 19.2 Å². The minimum Gasteiger partial charge on any atom is -0.495 e. The van der Waals surface area contributed by atoms with Gasteiger partial charge in [-0.1, -0.05) is 17.7 Å². The lowest BCUT2D eigenvalue weighted by atomic mass is 10.1. The van der Waals surface area contributed by atoms with Crippen LogP contribution in [0.4, 0.5) is 5.69 Å². The molecule has 2 N–H and O–H groups in total. The van der Waals surface area contributed by atoms with Gasteiger partial charge in [0.25, 0.3) is 15.9 Å². The Hall–Kier alpha value is -3.17. The van der Waals surface area contributed by atoms with E-state index < -0.39 is 15.9 Å². The molecular formula is C21H21ClN2O6S. The zero-order chi connectivity index (χ0) is 22.6. The van der Waals surface area contributed by atoms with Gasteiger partial charge in [0.05, 0.1) is 42.4 Å². The van der Waals surface area contributed by atoms with E-state index in [4.69, 9.17) is 25.5 Å². The van der Waals surface area contributed by atoms with Crippen LogP contribution >= 0.6 is 11.6 Å². The van der Waals surface area contributed by atoms with Crippen LogP contribution < -0.4 is 19.5 Å². The monoisotopic (exact) mass is 464 g/mol. The second kappa shape index (κ2) is 9.32. The summed E-state index contributed by atoms with van der Waals surface area (Å²) in [5.41, 5.74) is 1.60. The fraction of sp³-hybridized carbons (Fsp3) is 0.190. The van der Waals surface area contributed by atoms with Crippen LogP contribution in [0.2, 0.25) is 5.02 Å². The lowest BCUT2D eigenvalue weighted by molar-refractivity contribution is 0.0950. The van der Waals surface area contributed by atoms with Gasteiger partial charge in [0.15, 0.2) is 0 Å². The summed E-state index contributed by atoms with van der Waals surface area (Å²) in [7, 11) is -1.21. The molecule has 1 amide bonds. The number of rotatable bonds is 8. The zero-order valence-corrected chi connectivity index (χ0v) is 18.6. The largest absolute Gasteiger partial charge is 0.495 e. The zero-order valence-electron chi connectivity index (χ0n) is 17.1. The third kappa shape index (κ3) is 5.12. The first-order valence-corrected chi connectivity index (χ1v) is 11.0. The van der Waals surface area contributed by atoms with Crippen molar-refractivity contribution in [3.05, 3.63) is 70.6 Å². The second-order valence-electron chi connectivity index (χ2n) is 6.59. The van der Waals surface area contributed by atoms with E-state index in [1.165, 1.54) is 44.9 Å². The molecule has 0 spiro atoms. The minimum atomic E-state index is -4.05. The molecule has 0 aliphatic heterocycles. The topological polar surface area (TPSA) is 107 Å². The summed E-state index contributed by atoms with van der Waals surface area (Å²) in [6.45, 7) is 1.89. The normalized spacial score (nSPS) is 11.1. The van der Waals surface area contributed by atoms with Gasteiger partial charge in [0.2, 0.25) is 0 Å². The third-order valence-electron chi connectivity index (χ3n) is 4.49. The minimum absolute atomic E-state index is 0.0440. The molecule has 0 radical (unpaired) electrons. The van der Waals surface area contributed by atoms with Gasteiger partial charge in [-0.2, -0.15) is 0 Å². The number of amides is 1. The van der Waals surface area contributed by atoms with Gasteiger partial charge in [-0.15, -0.1) is 0 Å². The van der Waals surface area contributed by atoms with E-state index in [1.807, 2.05) is 0 Å². The van der Waals surface area contributed by atoms with E-state index in [0.717, 1.165) is 5.56 Å². The van der Waals surface area contributed by atoms with Gasteiger partial charge in [-0.05, 0) is 36.8 Å². The van der Waals surface area contributed by atoms with E-state index in [2.05, 4.69) is 10.0 Å². The Morgan fingerprint density at radius 3 is 2.48 bits per heavy atom. The first-order valence-electron chi connectivity index (χ1n) is 9.09. The Labute approximate surface area is 185 Å². The van der Waals surface area contributed by atoms with E-state index in [9.17, 15) is 13.2 Å². The molecule has 0 aliphatic carbocycles. The lowest BCUT2D eigenvalue weighted by Gasteiger charge is -2.16. The summed E-state index contributed by atoms with van der Waals surface area (Å²) < 4.78 is 44.0. The predicted molar refractivity (Wildman–Crippen MR) is 116 cm³/mol. The number of hydrogen-bond donors (Lipinski definition) is 2. The number of methoxy groups -OCH3 is 2. The van der Waals surface area contributed by atoms with Crippen LogP contribution in [0.5, 0.6) is 11.5 Å². The van der Waals surface area contributed by atoms with Crippen molar-refractivity contribution in [2.24, 2.45) is 0 Å². The Balaban J connectivity index is 1.88. The molecule has 10 heteroatoms. The van der Waals surface area contributed by atoms with E-state index in [-0.39, 0.29) is 33.5 Å². The third-order valence-corrected chi connectivity index (χ3v) is 6.29. The maximum absolute atomic E-state index is 13.1. The van der Waals surface area contributed by atoms with Crippen molar-refractivity contribution in [1.29, 1.82) is 0 Å². The molecule has 1 aromatic heterocycles. The van der Waals surface area contributed by atoms with Crippen molar-refractivity contribution in [2.45, 2.75) is 18.4 Å². The molecule has 0 atom stereocenters. The number of nitrogens with one attached hydrogen (secondary N) is 2. The Kier molecular flexibility index (Phi) is 6.77. The average Bonchev–Trinajstić information content (AvgIpc) is 3.26. The lowest BCUT2D eigenvalue weighted by Crippen LogP contribution is -2.23. The van der Waals surface area contributed by atoms with Crippen molar-refractivity contribution in [3.8, 4) is 11.5 Å². The number of carbonyl (C=O) groups excluding carboxylic acids is 1. The molecule has 31 heavy (non-hydrogen) atoms. The molecule has 0 bridgehead atoms. The van der Waals surface area contributed by atoms with Crippen LogP contribution in [0.1, 0.15) is 21.5 Å². The van der Waals surface area contributed by atoms with Gasteiger partial charge in [-0.25, -0.2) is 8.42 Å². The molecule has 0 aliphatic rings. The number of furan rings is 1. The van der Waals surface area contributed by atoms with Crippen molar-refractivity contribution >= 4 is 33.2 Å². The maximum atomic E-state index is 13.1. The number of ether oxygens (including phenoxy) is 2. The fourth-order valence-corrected chi connectivity index (χ4v) is 4.42. The summed E-state index contributed by atoms with van der Waals surface area (Å²) in [6, 6.07) is 9.05. The summed E-state index contributed by atoms with van der Waals surface area (Å²) in [4.78, 5) is 12.5. The van der Waals surface area contributed by atoms with Gasteiger partial charge in [-0.3, -0.25) is 9.52 Å². The summed E-state index contributed by atoms with van der Waals surface area (Å²) >= 11 is 6.13. The molecule has 0 saturated carbocycles. The quantitative estimate of drug-likeness (QED) is 0.522. The van der Waals surface area contributed by atoms with E-state index in [0.29, 0.717) is 11.3 Å². The summed E-state index contributed by atoms with van der Waals surface area (Å²) in [5, 5.41) is 2.94. The van der Waals surface area contributed by atoms with E-state index in [1.54, 1.807) is 25.1 Å². The first-order chi connectivity index (χ1) is 14.7. The second-order valence-corrected chi connectivity index (χ2v) is 8.65. The number of benzene rings is 2. The Morgan fingerprint density at radius 1 is 1.10 bits per heavy atom. The van der Waals surface area contributed by atoms with E-state index >= 15 is 0 Å². The Morgan fingerprint density at radius 2 is 1.84 bits per heavy atom. The predicted octanol–water partition coefficient (Wildman–Crippen LogP) is 3.99. The van der Waals surface area contributed by atoms with Crippen molar-refractivity contribution in [1.82, 2.24) is 5.32 Å². The molecule has 164 valence electrons. The highest BCUT2D eigenvalue weighted by molar-refractivity contribution is 7.92. The highest BCUT2D eigenvalue weighted by Gasteiger charge is 2.22. The Bertz CT molecular complexity index is 1190. The van der Waals surface area contributed by atoms with Crippen LogP contribution in [0.3, 0.4) is 0 Å². The average molecular weight is 465 g/mol. The standard InChI is InChI=1S/C21H21ClN2O6S/c1-13-4-5-15(21(25)23-11-14-6-7-30-12-14)8-20(13)31(26,27)24-17-9-16(22)18(28-2)10-19(17)29-3/h4-10,12,24H,11H2,1-3H3,(H,23,25). The van der Waals surface area contributed by atoms with Crippen LogP contribution in [0.15, 0.2) is 58.2 Å². The molecule has 2 aromatic carbocycles. The SMILES string of the molecule is COc1cc(OC)c(NS(=O)(=O)c2cc(C(=O)NCc3ccoc3)ccc2C)cc1Cl. The highest BCUT2D eigenvalue weighted by Crippen LogP contribution is 2.37. The van der Waals surface area contributed by atoms with Crippen LogP contribution in [-0.2, 0) is 16.6 Å². The number of anilines is 1. The number of carbonyl (C=O) groups is 1. The van der Waals surface area contributed by atoms with Crippen LogP contribution in [-0.4, -0.2) is 28.5 Å². The number of aryl methyl sites for hydroxylation is 1. The maximum Gasteiger partial charge on any atom is 0.262 e. The molecule has 3 aromatic rings.